The molecule has 2 heterocycles. The van der Waals surface area contributed by atoms with E-state index in [1.165, 1.54) is 11.3 Å². The maximum atomic E-state index is 12.9. The number of aliphatic hydroxyl groups is 1. The standard InChI is InChI=1S/C15H13F2N3OS/c16-13(17)15-19-11-4-2-1-3-10(11)14(20-15)18-7-12(21)9-5-6-22-8-9/h1-6,8,12-13,21H,7H2,(H,18,19,20). The van der Waals surface area contributed by atoms with Crippen LogP contribution in [0.5, 0.6) is 0 Å². The molecular weight excluding hydrogens is 308 g/mol. The number of rotatable bonds is 5. The van der Waals surface area contributed by atoms with Gasteiger partial charge in [0.2, 0.25) is 0 Å². The molecule has 1 atom stereocenters. The molecule has 22 heavy (non-hydrogen) atoms. The zero-order valence-electron chi connectivity index (χ0n) is 11.4. The molecule has 4 nitrogen and oxygen atoms in total. The highest BCUT2D eigenvalue weighted by Gasteiger charge is 2.16. The second kappa shape index (κ2) is 6.33. The molecule has 0 radical (unpaired) electrons. The lowest BCUT2D eigenvalue weighted by atomic mass is 10.2. The van der Waals surface area contributed by atoms with Crippen molar-refractivity contribution in [3.05, 3.63) is 52.5 Å². The van der Waals surface area contributed by atoms with Crippen molar-refractivity contribution in [1.82, 2.24) is 9.97 Å². The summed E-state index contributed by atoms with van der Waals surface area (Å²) in [6, 6.07) is 8.75. The van der Waals surface area contributed by atoms with E-state index in [0.29, 0.717) is 16.7 Å². The van der Waals surface area contributed by atoms with Gasteiger partial charge in [-0.15, -0.1) is 0 Å². The van der Waals surface area contributed by atoms with Gasteiger partial charge in [0.1, 0.15) is 5.82 Å². The fraction of sp³-hybridized carbons (Fsp3) is 0.200. The van der Waals surface area contributed by atoms with E-state index in [1.54, 1.807) is 24.3 Å². The van der Waals surface area contributed by atoms with Gasteiger partial charge in [-0.25, -0.2) is 18.7 Å². The minimum atomic E-state index is -2.74. The van der Waals surface area contributed by atoms with Crippen molar-refractivity contribution in [2.24, 2.45) is 0 Å². The van der Waals surface area contributed by atoms with Crippen LogP contribution >= 0.6 is 11.3 Å². The molecule has 0 saturated heterocycles. The Morgan fingerprint density at radius 1 is 1.18 bits per heavy atom. The molecule has 1 unspecified atom stereocenters. The molecule has 0 amide bonds. The van der Waals surface area contributed by atoms with E-state index < -0.39 is 18.4 Å². The number of fused-ring (bicyclic) bond motifs is 1. The molecule has 0 aliphatic carbocycles. The van der Waals surface area contributed by atoms with Crippen molar-refractivity contribution in [2.45, 2.75) is 12.5 Å². The average Bonchev–Trinajstić information content (AvgIpc) is 3.06. The lowest BCUT2D eigenvalue weighted by Crippen LogP contribution is -2.13. The molecule has 2 N–H and O–H groups in total. The first-order valence-corrected chi connectivity index (χ1v) is 7.58. The van der Waals surface area contributed by atoms with Crippen LogP contribution < -0.4 is 5.32 Å². The van der Waals surface area contributed by atoms with Crippen LogP contribution in [0.4, 0.5) is 14.6 Å². The number of halogens is 2. The zero-order chi connectivity index (χ0) is 15.5. The van der Waals surface area contributed by atoms with Crippen LogP contribution in [0.15, 0.2) is 41.1 Å². The smallest absolute Gasteiger partial charge is 0.297 e. The summed E-state index contributed by atoms with van der Waals surface area (Å²) in [4.78, 5) is 7.72. The average molecular weight is 321 g/mol. The van der Waals surface area contributed by atoms with Gasteiger partial charge in [-0.1, -0.05) is 12.1 Å². The van der Waals surface area contributed by atoms with Crippen LogP contribution in [0.1, 0.15) is 23.9 Å². The summed E-state index contributed by atoms with van der Waals surface area (Å²) in [6.45, 7) is 0.181. The highest BCUT2D eigenvalue weighted by atomic mass is 32.1. The van der Waals surface area contributed by atoms with Gasteiger partial charge in [0, 0.05) is 11.9 Å². The molecule has 0 aliphatic heterocycles. The molecule has 0 bridgehead atoms. The third-order valence-corrected chi connectivity index (χ3v) is 3.91. The van der Waals surface area contributed by atoms with Gasteiger partial charge in [0.25, 0.3) is 6.43 Å². The van der Waals surface area contributed by atoms with Crippen LogP contribution in [0, 0.1) is 0 Å². The molecule has 3 rings (SSSR count). The Labute approximate surface area is 129 Å². The fourth-order valence-electron chi connectivity index (χ4n) is 2.10. The fourth-order valence-corrected chi connectivity index (χ4v) is 2.81. The number of benzene rings is 1. The van der Waals surface area contributed by atoms with Crippen molar-refractivity contribution in [3.8, 4) is 0 Å². The largest absolute Gasteiger partial charge is 0.387 e. The predicted molar refractivity (Wildman–Crippen MR) is 82.3 cm³/mol. The van der Waals surface area contributed by atoms with Gasteiger partial charge in [-0.05, 0) is 34.5 Å². The lowest BCUT2D eigenvalue weighted by molar-refractivity contribution is 0.141. The van der Waals surface area contributed by atoms with Crippen molar-refractivity contribution < 1.29 is 13.9 Å². The third-order valence-electron chi connectivity index (χ3n) is 3.21. The van der Waals surface area contributed by atoms with Gasteiger partial charge in [0.05, 0.1) is 11.6 Å². The molecule has 7 heteroatoms. The monoisotopic (exact) mass is 321 g/mol. The highest BCUT2D eigenvalue weighted by molar-refractivity contribution is 7.07. The molecule has 0 saturated carbocycles. The summed E-state index contributed by atoms with van der Waals surface area (Å²) in [7, 11) is 0. The van der Waals surface area contributed by atoms with E-state index in [1.807, 2.05) is 16.8 Å². The zero-order valence-corrected chi connectivity index (χ0v) is 12.2. The molecule has 0 spiro atoms. The molecule has 0 fully saturated rings. The Morgan fingerprint density at radius 2 is 2.00 bits per heavy atom. The topological polar surface area (TPSA) is 58.0 Å². The molecular formula is C15H13F2N3OS. The number of aliphatic hydroxyl groups excluding tert-OH is 1. The predicted octanol–water partition coefficient (Wildman–Crippen LogP) is 3.77. The summed E-state index contributed by atoms with van der Waals surface area (Å²) in [5, 5.41) is 17.4. The number of hydrogen-bond donors (Lipinski definition) is 2. The van der Waals surface area contributed by atoms with Gasteiger partial charge in [0.15, 0.2) is 5.82 Å². The second-order valence-corrected chi connectivity index (χ2v) is 5.48. The number of para-hydroxylation sites is 1. The number of aromatic nitrogens is 2. The van der Waals surface area contributed by atoms with E-state index >= 15 is 0 Å². The Hall–Kier alpha value is -2.12. The lowest BCUT2D eigenvalue weighted by Gasteiger charge is -2.13. The number of nitrogens with one attached hydrogen (secondary N) is 1. The minimum Gasteiger partial charge on any atom is -0.387 e. The summed E-state index contributed by atoms with van der Waals surface area (Å²) in [5.41, 5.74) is 1.23. The van der Waals surface area contributed by atoms with Crippen LogP contribution in [-0.4, -0.2) is 21.6 Å². The van der Waals surface area contributed by atoms with E-state index in [2.05, 4.69) is 15.3 Å². The van der Waals surface area contributed by atoms with Gasteiger partial charge < -0.3 is 10.4 Å². The van der Waals surface area contributed by atoms with Gasteiger partial charge in [-0.2, -0.15) is 11.3 Å². The van der Waals surface area contributed by atoms with Gasteiger partial charge >= 0.3 is 0 Å². The SMILES string of the molecule is OC(CNc1nc(C(F)F)nc2ccccc12)c1ccsc1. The van der Waals surface area contributed by atoms with Crippen molar-refractivity contribution in [1.29, 1.82) is 0 Å². The number of hydrogen-bond acceptors (Lipinski definition) is 5. The maximum absolute atomic E-state index is 12.9. The molecule has 0 aliphatic rings. The quantitative estimate of drug-likeness (QED) is 0.751. The Bertz CT molecular complexity index is 765. The first-order valence-electron chi connectivity index (χ1n) is 6.64. The summed E-state index contributed by atoms with van der Waals surface area (Å²) in [5.74, 6) is -0.221. The molecule has 1 aromatic carbocycles. The minimum absolute atomic E-state index is 0.181. The van der Waals surface area contributed by atoms with Crippen LogP contribution in [0.25, 0.3) is 10.9 Å². The first kappa shape index (κ1) is 14.8. The number of alkyl halides is 2. The normalized spacial score (nSPS) is 12.7. The molecule has 114 valence electrons. The van der Waals surface area contributed by atoms with E-state index in [9.17, 15) is 13.9 Å². The van der Waals surface area contributed by atoms with E-state index in [4.69, 9.17) is 0 Å². The van der Waals surface area contributed by atoms with Crippen LogP contribution in [0.3, 0.4) is 0 Å². The summed E-state index contributed by atoms with van der Waals surface area (Å²) in [6.07, 6.45) is -3.47. The highest BCUT2D eigenvalue weighted by Crippen LogP contribution is 2.25. The second-order valence-electron chi connectivity index (χ2n) is 4.70. The molecule has 2 aromatic heterocycles. The first-order chi connectivity index (χ1) is 10.6. The Kier molecular flexibility index (Phi) is 4.26. The van der Waals surface area contributed by atoms with E-state index in [-0.39, 0.29) is 6.54 Å². The third kappa shape index (κ3) is 3.05. The van der Waals surface area contributed by atoms with Crippen molar-refractivity contribution in [3.63, 3.8) is 0 Å². The number of nitrogens with zero attached hydrogens (tertiary/aromatic N) is 2. The van der Waals surface area contributed by atoms with Crippen LogP contribution in [0.2, 0.25) is 0 Å². The maximum Gasteiger partial charge on any atom is 0.297 e. The molecule has 3 aromatic rings. The summed E-state index contributed by atoms with van der Waals surface area (Å²) >= 11 is 1.49. The van der Waals surface area contributed by atoms with E-state index in [0.717, 1.165) is 5.56 Å². The summed E-state index contributed by atoms with van der Waals surface area (Å²) < 4.78 is 25.8. The Morgan fingerprint density at radius 3 is 2.73 bits per heavy atom. The van der Waals surface area contributed by atoms with Gasteiger partial charge in [-0.3, -0.25) is 0 Å². The Balaban J connectivity index is 1.88. The number of thiophene rings is 1. The van der Waals surface area contributed by atoms with Crippen molar-refractivity contribution >= 4 is 28.1 Å². The van der Waals surface area contributed by atoms with Crippen molar-refractivity contribution in [2.75, 3.05) is 11.9 Å². The number of anilines is 1. The van der Waals surface area contributed by atoms with Crippen LogP contribution in [-0.2, 0) is 0 Å².